The third-order valence-electron chi connectivity index (χ3n) is 3.44. The van der Waals surface area contributed by atoms with Crippen LogP contribution in [0.1, 0.15) is 39.2 Å². The third-order valence-corrected chi connectivity index (χ3v) is 4.39. The van der Waals surface area contributed by atoms with Crippen molar-refractivity contribution in [3.05, 3.63) is 24.5 Å². The summed E-state index contributed by atoms with van der Waals surface area (Å²) in [5, 5.41) is 19.4. The van der Waals surface area contributed by atoms with Gasteiger partial charge in [-0.3, -0.25) is 9.55 Å². The summed E-state index contributed by atoms with van der Waals surface area (Å²) in [4.78, 5) is 4.16. The van der Waals surface area contributed by atoms with Gasteiger partial charge in [0.2, 0.25) is 0 Å². The van der Waals surface area contributed by atoms with Crippen LogP contribution in [-0.2, 0) is 0 Å². The first-order chi connectivity index (χ1) is 10.0. The molecule has 1 saturated carbocycles. The number of aromatic nitrogens is 4. The Morgan fingerprint density at radius 1 is 1.38 bits per heavy atom. The Hall–Kier alpha value is -1.40. The van der Waals surface area contributed by atoms with Gasteiger partial charge in [-0.1, -0.05) is 11.8 Å². The lowest BCUT2D eigenvalue weighted by Gasteiger charge is -2.16. The molecule has 6 heteroatoms. The molecule has 1 aliphatic rings. The number of aliphatic hydroxyl groups is 1. The number of rotatable bonds is 6. The van der Waals surface area contributed by atoms with E-state index in [0.29, 0.717) is 6.04 Å². The molecule has 2 heterocycles. The lowest BCUT2D eigenvalue weighted by Crippen LogP contribution is -2.19. The topological polar surface area (TPSA) is 63.8 Å². The van der Waals surface area contributed by atoms with Crippen molar-refractivity contribution in [1.82, 2.24) is 19.7 Å². The van der Waals surface area contributed by atoms with E-state index in [1.807, 2.05) is 32.2 Å². The summed E-state index contributed by atoms with van der Waals surface area (Å²) in [5.41, 5.74) is 0.370. The lowest BCUT2D eigenvalue weighted by atomic mass is 10.1. The average molecular weight is 304 g/mol. The Labute approximate surface area is 128 Å². The predicted molar refractivity (Wildman–Crippen MR) is 83.2 cm³/mol. The van der Waals surface area contributed by atoms with E-state index in [1.54, 1.807) is 18.0 Å². The second-order valence-corrected chi connectivity index (χ2v) is 7.12. The highest BCUT2D eigenvalue weighted by Gasteiger charge is 2.30. The molecule has 0 unspecified atom stereocenters. The van der Waals surface area contributed by atoms with E-state index in [9.17, 15) is 5.11 Å². The fourth-order valence-corrected chi connectivity index (χ4v) is 3.38. The first kappa shape index (κ1) is 14.5. The van der Waals surface area contributed by atoms with Gasteiger partial charge in [-0.05, 0) is 45.2 Å². The van der Waals surface area contributed by atoms with Crippen LogP contribution in [0.15, 0.2) is 29.7 Å². The summed E-state index contributed by atoms with van der Waals surface area (Å²) >= 11 is 1.67. The standard InChI is InChI=1S/C15H20N4OS/c1-15(2,20)7-9-21-14-18-17-13(19(14)12-5-6-12)11-4-3-8-16-10-11/h3-4,8,10,12,20H,5-7,9H2,1-2H3. The molecule has 21 heavy (non-hydrogen) atoms. The molecular formula is C15H20N4OS. The summed E-state index contributed by atoms with van der Waals surface area (Å²) in [6.07, 6.45) is 6.70. The first-order valence-corrected chi connectivity index (χ1v) is 8.24. The molecule has 5 nitrogen and oxygen atoms in total. The minimum atomic E-state index is -0.635. The van der Waals surface area contributed by atoms with Crippen LogP contribution in [0.3, 0.4) is 0 Å². The van der Waals surface area contributed by atoms with Crippen molar-refractivity contribution in [1.29, 1.82) is 0 Å². The molecular weight excluding hydrogens is 284 g/mol. The number of thioether (sulfide) groups is 1. The molecule has 0 bridgehead atoms. The summed E-state index contributed by atoms with van der Waals surface area (Å²) in [6, 6.07) is 4.45. The zero-order chi connectivity index (χ0) is 14.9. The molecule has 1 fully saturated rings. The second kappa shape index (κ2) is 5.77. The molecule has 0 amide bonds. The highest BCUT2D eigenvalue weighted by molar-refractivity contribution is 7.99. The Morgan fingerprint density at radius 2 is 2.19 bits per heavy atom. The predicted octanol–water partition coefficient (Wildman–Crippen LogP) is 2.93. The summed E-state index contributed by atoms with van der Waals surface area (Å²) < 4.78 is 2.23. The first-order valence-electron chi connectivity index (χ1n) is 7.25. The van der Waals surface area contributed by atoms with E-state index in [2.05, 4.69) is 19.7 Å². The van der Waals surface area contributed by atoms with E-state index >= 15 is 0 Å². The maximum atomic E-state index is 9.81. The molecule has 112 valence electrons. The molecule has 1 N–H and O–H groups in total. The van der Waals surface area contributed by atoms with Crippen LogP contribution in [0.4, 0.5) is 0 Å². The average Bonchev–Trinajstić information content (AvgIpc) is 3.19. The molecule has 2 aromatic rings. The zero-order valence-electron chi connectivity index (χ0n) is 12.4. The number of hydrogen-bond donors (Lipinski definition) is 1. The molecule has 0 aliphatic heterocycles. The summed E-state index contributed by atoms with van der Waals surface area (Å²) in [5.74, 6) is 1.73. The van der Waals surface area contributed by atoms with Crippen molar-refractivity contribution in [2.24, 2.45) is 0 Å². The highest BCUT2D eigenvalue weighted by atomic mass is 32.2. The van der Waals surface area contributed by atoms with Crippen LogP contribution in [0.2, 0.25) is 0 Å². The number of nitrogens with zero attached hydrogens (tertiary/aromatic N) is 4. The maximum absolute atomic E-state index is 9.81. The largest absolute Gasteiger partial charge is 0.390 e. The van der Waals surface area contributed by atoms with Gasteiger partial charge in [-0.2, -0.15) is 0 Å². The number of pyridine rings is 1. The molecule has 0 radical (unpaired) electrons. The van der Waals surface area contributed by atoms with E-state index < -0.39 is 5.60 Å². The quantitative estimate of drug-likeness (QED) is 0.831. The van der Waals surface area contributed by atoms with Crippen molar-refractivity contribution in [2.75, 3.05) is 5.75 Å². The van der Waals surface area contributed by atoms with Crippen molar-refractivity contribution < 1.29 is 5.11 Å². The Balaban J connectivity index is 1.80. The van der Waals surface area contributed by atoms with E-state index in [4.69, 9.17) is 0 Å². The Morgan fingerprint density at radius 3 is 2.81 bits per heavy atom. The second-order valence-electron chi connectivity index (χ2n) is 6.06. The maximum Gasteiger partial charge on any atom is 0.191 e. The van der Waals surface area contributed by atoms with Gasteiger partial charge >= 0.3 is 0 Å². The van der Waals surface area contributed by atoms with Crippen LogP contribution >= 0.6 is 11.8 Å². The normalized spacial score (nSPS) is 15.4. The minimum absolute atomic E-state index is 0.514. The SMILES string of the molecule is CC(C)(O)CCSc1nnc(-c2cccnc2)n1C1CC1. The highest BCUT2D eigenvalue weighted by Crippen LogP contribution is 2.41. The molecule has 1 aliphatic carbocycles. The van der Waals surface area contributed by atoms with Crippen LogP contribution < -0.4 is 0 Å². The van der Waals surface area contributed by atoms with Crippen molar-refractivity contribution in [3.63, 3.8) is 0 Å². The summed E-state index contributed by atoms with van der Waals surface area (Å²) in [6.45, 7) is 3.67. The molecule has 0 atom stereocenters. The Kier molecular flexibility index (Phi) is 3.99. The number of hydrogen-bond acceptors (Lipinski definition) is 5. The van der Waals surface area contributed by atoms with Crippen LogP contribution in [0.25, 0.3) is 11.4 Å². The lowest BCUT2D eigenvalue weighted by molar-refractivity contribution is 0.0777. The van der Waals surface area contributed by atoms with Gasteiger partial charge in [0.05, 0.1) is 5.60 Å². The van der Waals surface area contributed by atoms with Gasteiger partial charge in [0.25, 0.3) is 0 Å². The van der Waals surface area contributed by atoms with Gasteiger partial charge < -0.3 is 5.11 Å². The van der Waals surface area contributed by atoms with Gasteiger partial charge in [0.15, 0.2) is 11.0 Å². The van der Waals surface area contributed by atoms with Gasteiger partial charge in [0.1, 0.15) is 0 Å². The summed E-state index contributed by atoms with van der Waals surface area (Å²) in [7, 11) is 0. The molecule has 2 aromatic heterocycles. The van der Waals surface area contributed by atoms with Gasteiger partial charge in [-0.25, -0.2) is 0 Å². The molecule has 0 saturated heterocycles. The van der Waals surface area contributed by atoms with Crippen LogP contribution in [0, 0.1) is 0 Å². The zero-order valence-corrected chi connectivity index (χ0v) is 13.2. The van der Waals surface area contributed by atoms with Crippen molar-refractivity contribution in [2.45, 2.75) is 49.9 Å². The van der Waals surface area contributed by atoms with Crippen molar-refractivity contribution >= 4 is 11.8 Å². The monoisotopic (exact) mass is 304 g/mol. The Bertz CT molecular complexity index is 602. The van der Waals surface area contributed by atoms with Gasteiger partial charge in [0, 0.05) is 29.8 Å². The van der Waals surface area contributed by atoms with E-state index in [1.165, 1.54) is 12.8 Å². The third kappa shape index (κ3) is 3.63. The van der Waals surface area contributed by atoms with Crippen LogP contribution in [-0.4, -0.2) is 36.2 Å². The van der Waals surface area contributed by atoms with Crippen molar-refractivity contribution in [3.8, 4) is 11.4 Å². The molecule has 3 rings (SSSR count). The molecule has 0 aromatic carbocycles. The van der Waals surface area contributed by atoms with Crippen LogP contribution in [0.5, 0.6) is 0 Å². The molecule has 0 spiro atoms. The van der Waals surface area contributed by atoms with E-state index in [-0.39, 0.29) is 0 Å². The fraction of sp³-hybridized carbons (Fsp3) is 0.533. The van der Waals surface area contributed by atoms with Gasteiger partial charge in [-0.15, -0.1) is 10.2 Å². The minimum Gasteiger partial charge on any atom is -0.390 e. The van der Waals surface area contributed by atoms with E-state index in [0.717, 1.165) is 28.7 Å². The smallest absolute Gasteiger partial charge is 0.191 e. The fourth-order valence-electron chi connectivity index (χ4n) is 2.12.